The zero-order valence-corrected chi connectivity index (χ0v) is 11.5. The van der Waals surface area contributed by atoms with E-state index >= 15 is 0 Å². The Morgan fingerprint density at radius 1 is 1.37 bits per heavy atom. The predicted octanol–water partition coefficient (Wildman–Crippen LogP) is 1.88. The first kappa shape index (κ1) is 15.2. The molecule has 0 fully saturated rings. The lowest BCUT2D eigenvalue weighted by Gasteiger charge is -2.14. The maximum atomic E-state index is 11.9. The molecule has 0 bridgehead atoms. The Kier molecular flexibility index (Phi) is 5.51. The van der Waals surface area contributed by atoms with Crippen molar-refractivity contribution >= 4 is 17.6 Å². The van der Waals surface area contributed by atoms with E-state index in [4.69, 9.17) is 5.11 Å². The van der Waals surface area contributed by atoms with Crippen molar-refractivity contribution in [3.05, 3.63) is 29.3 Å². The summed E-state index contributed by atoms with van der Waals surface area (Å²) in [6.07, 6.45) is 0. The van der Waals surface area contributed by atoms with E-state index in [1.807, 2.05) is 13.8 Å². The van der Waals surface area contributed by atoms with E-state index in [0.29, 0.717) is 12.2 Å². The number of aromatic carboxylic acids is 1. The van der Waals surface area contributed by atoms with Gasteiger partial charge in [0.1, 0.15) is 0 Å². The highest BCUT2D eigenvalue weighted by Gasteiger charge is 2.16. The van der Waals surface area contributed by atoms with E-state index in [-0.39, 0.29) is 17.4 Å². The maximum Gasteiger partial charge on any atom is 0.337 e. The number of carbonyl (C=O) groups excluding carboxylic acids is 1. The molecule has 5 heteroatoms. The molecular weight excluding hydrogens is 244 g/mol. The minimum Gasteiger partial charge on any atom is -0.478 e. The molecule has 1 atom stereocenters. The second kappa shape index (κ2) is 6.89. The Morgan fingerprint density at radius 3 is 2.63 bits per heavy atom. The Hall–Kier alpha value is -1.88. The fourth-order valence-corrected chi connectivity index (χ4v) is 1.65. The van der Waals surface area contributed by atoms with Gasteiger partial charge in [-0.3, -0.25) is 4.79 Å². The number of hydrogen-bond donors (Lipinski definition) is 3. The van der Waals surface area contributed by atoms with Crippen LogP contribution in [0.2, 0.25) is 0 Å². The summed E-state index contributed by atoms with van der Waals surface area (Å²) in [5.74, 6) is -1.45. The van der Waals surface area contributed by atoms with Crippen LogP contribution in [-0.4, -0.2) is 30.1 Å². The quantitative estimate of drug-likeness (QED) is 0.733. The van der Waals surface area contributed by atoms with Gasteiger partial charge >= 0.3 is 5.97 Å². The largest absolute Gasteiger partial charge is 0.478 e. The van der Waals surface area contributed by atoms with Crippen LogP contribution in [0.5, 0.6) is 0 Å². The molecule has 19 heavy (non-hydrogen) atoms. The van der Waals surface area contributed by atoms with Crippen molar-refractivity contribution in [2.75, 3.05) is 18.4 Å². The summed E-state index contributed by atoms with van der Waals surface area (Å²) in [4.78, 5) is 23.1. The monoisotopic (exact) mass is 264 g/mol. The zero-order chi connectivity index (χ0) is 14.4. The van der Waals surface area contributed by atoms with Crippen molar-refractivity contribution in [1.82, 2.24) is 5.32 Å². The van der Waals surface area contributed by atoms with Gasteiger partial charge < -0.3 is 15.7 Å². The maximum absolute atomic E-state index is 11.9. The lowest BCUT2D eigenvalue weighted by Crippen LogP contribution is -2.30. The second-order valence-corrected chi connectivity index (χ2v) is 4.55. The van der Waals surface area contributed by atoms with Gasteiger partial charge in [-0.15, -0.1) is 0 Å². The molecule has 0 aliphatic rings. The SMILES string of the molecule is CCNCC(C)C(=O)Nc1ccc(C)cc1C(=O)O. The number of carbonyl (C=O) groups is 2. The Bertz CT molecular complexity index is 472. The molecule has 0 radical (unpaired) electrons. The zero-order valence-electron chi connectivity index (χ0n) is 11.5. The molecule has 0 saturated carbocycles. The molecule has 104 valence electrons. The highest BCUT2D eigenvalue weighted by atomic mass is 16.4. The van der Waals surface area contributed by atoms with E-state index in [2.05, 4.69) is 10.6 Å². The van der Waals surface area contributed by atoms with Gasteiger partial charge in [-0.05, 0) is 25.6 Å². The summed E-state index contributed by atoms with van der Waals surface area (Å²) < 4.78 is 0. The van der Waals surface area contributed by atoms with Crippen LogP contribution in [0, 0.1) is 12.8 Å². The Morgan fingerprint density at radius 2 is 2.05 bits per heavy atom. The number of carboxylic acids is 1. The molecule has 0 saturated heterocycles. The third-order valence-electron chi connectivity index (χ3n) is 2.81. The van der Waals surface area contributed by atoms with Gasteiger partial charge in [0.05, 0.1) is 11.3 Å². The molecule has 0 aromatic heterocycles. The van der Waals surface area contributed by atoms with Crippen molar-refractivity contribution in [2.24, 2.45) is 5.92 Å². The summed E-state index contributed by atoms with van der Waals surface area (Å²) in [5, 5.41) is 14.9. The standard InChI is InChI=1S/C14H20N2O3/c1-4-15-8-10(3)13(17)16-12-6-5-9(2)7-11(12)14(18)19/h5-7,10,15H,4,8H2,1-3H3,(H,16,17)(H,18,19). The van der Waals surface area contributed by atoms with Crippen LogP contribution in [0.25, 0.3) is 0 Å². The summed E-state index contributed by atoms with van der Waals surface area (Å²) in [5.41, 5.74) is 1.30. The first-order chi connectivity index (χ1) is 8.95. The van der Waals surface area contributed by atoms with E-state index in [1.54, 1.807) is 25.1 Å². The van der Waals surface area contributed by atoms with Gasteiger partial charge in [0.25, 0.3) is 0 Å². The molecule has 1 aromatic rings. The number of amides is 1. The molecule has 1 unspecified atom stereocenters. The average Bonchev–Trinajstić information content (AvgIpc) is 2.37. The number of nitrogens with one attached hydrogen (secondary N) is 2. The predicted molar refractivity (Wildman–Crippen MR) is 74.5 cm³/mol. The van der Waals surface area contributed by atoms with Gasteiger partial charge in [-0.1, -0.05) is 25.5 Å². The van der Waals surface area contributed by atoms with Crippen LogP contribution in [0.3, 0.4) is 0 Å². The van der Waals surface area contributed by atoms with Crippen LogP contribution < -0.4 is 10.6 Å². The number of hydrogen-bond acceptors (Lipinski definition) is 3. The molecular formula is C14H20N2O3. The van der Waals surface area contributed by atoms with Crippen LogP contribution in [-0.2, 0) is 4.79 Å². The molecule has 0 heterocycles. The first-order valence-corrected chi connectivity index (χ1v) is 6.31. The fraction of sp³-hybridized carbons (Fsp3) is 0.429. The first-order valence-electron chi connectivity index (χ1n) is 6.31. The normalized spacial score (nSPS) is 11.9. The number of rotatable bonds is 6. The molecule has 5 nitrogen and oxygen atoms in total. The minimum absolute atomic E-state index is 0.115. The van der Waals surface area contributed by atoms with E-state index in [1.165, 1.54) is 0 Å². The van der Waals surface area contributed by atoms with Crippen molar-refractivity contribution in [3.63, 3.8) is 0 Å². The molecule has 3 N–H and O–H groups in total. The van der Waals surface area contributed by atoms with Crippen molar-refractivity contribution in [2.45, 2.75) is 20.8 Å². The molecule has 0 spiro atoms. The van der Waals surface area contributed by atoms with Crippen LogP contribution in [0.15, 0.2) is 18.2 Å². The lowest BCUT2D eigenvalue weighted by atomic mass is 10.1. The van der Waals surface area contributed by atoms with Crippen LogP contribution in [0.4, 0.5) is 5.69 Å². The number of benzene rings is 1. The highest BCUT2D eigenvalue weighted by Crippen LogP contribution is 2.18. The van der Waals surface area contributed by atoms with Crippen molar-refractivity contribution in [3.8, 4) is 0 Å². The smallest absolute Gasteiger partial charge is 0.337 e. The van der Waals surface area contributed by atoms with Gasteiger partial charge in [0.15, 0.2) is 0 Å². The summed E-state index contributed by atoms with van der Waals surface area (Å²) in [6, 6.07) is 4.95. The van der Waals surface area contributed by atoms with Crippen LogP contribution in [0.1, 0.15) is 29.8 Å². The molecule has 1 amide bonds. The summed E-state index contributed by atoms with van der Waals surface area (Å²) >= 11 is 0. The van der Waals surface area contributed by atoms with Gasteiger partial charge in [-0.25, -0.2) is 4.79 Å². The fourth-order valence-electron chi connectivity index (χ4n) is 1.65. The van der Waals surface area contributed by atoms with E-state index in [0.717, 1.165) is 12.1 Å². The molecule has 0 aliphatic carbocycles. The third kappa shape index (κ3) is 4.37. The topological polar surface area (TPSA) is 78.4 Å². The Labute approximate surface area is 113 Å². The molecule has 1 aromatic carbocycles. The average molecular weight is 264 g/mol. The third-order valence-corrected chi connectivity index (χ3v) is 2.81. The molecule has 0 aliphatic heterocycles. The van der Waals surface area contributed by atoms with Gasteiger partial charge in [-0.2, -0.15) is 0 Å². The Balaban J connectivity index is 2.81. The number of carboxylic acid groups (broad SMARTS) is 1. The second-order valence-electron chi connectivity index (χ2n) is 4.55. The minimum atomic E-state index is -1.04. The van der Waals surface area contributed by atoms with Crippen LogP contribution >= 0.6 is 0 Å². The van der Waals surface area contributed by atoms with Crippen molar-refractivity contribution in [1.29, 1.82) is 0 Å². The summed E-state index contributed by atoms with van der Waals surface area (Å²) in [7, 11) is 0. The van der Waals surface area contributed by atoms with E-state index < -0.39 is 5.97 Å². The molecule has 1 rings (SSSR count). The van der Waals surface area contributed by atoms with Gasteiger partial charge in [0.2, 0.25) is 5.91 Å². The van der Waals surface area contributed by atoms with E-state index in [9.17, 15) is 9.59 Å². The van der Waals surface area contributed by atoms with Crippen molar-refractivity contribution < 1.29 is 14.7 Å². The highest BCUT2D eigenvalue weighted by molar-refractivity contribution is 6.01. The van der Waals surface area contributed by atoms with Gasteiger partial charge in [0, 0.05) is 12.5 Å². The number of aryl methyl sites for hydroxylation is 1. The summed E-state index contributed by atoms with van der Waals surface area (Å²) in [6.45, 7) is 6.94. The number of anilines is 1. The lowest BCUT2D eigenvalue weighted by molar-refractivity contribution is -0.119.